The van der Waals surface area contributed by atoms with Gasteiger partial charge in [0.15, 0.2) is 17.7 Å². The number of amides is 1. The van der Waals surface area contributed by atoms with E-state index in [0.717, 1.165) is 6.42 Å². The number of anilines is 1. The topological polar surface area (TPSA) is 148 Å². The van der Waals surface area contributed by atoms with Crippen LogP contribution in [0.5, 0.6) is 0 Å². The summed E-state index contributed by atoms with van der Waals surface area (Å²) < 4.78 is 7.21. The van der Waals surface area contributed by atoms with Crippen LogP contribution in [0.2, 0.25) is 0 Å². The van der Waals surface area contributed by atoms with Gasteiger partial charge in [0.25, 0.3) is 0 Å². The maximum Gasteiger partial charge on any atom is 0.220 e. The molecule has 0 radical (unpaired) electrons. The molecule has 130 valence electrons. The smallest absolute Gasteiger partial charge is 0.220 e. The van der Waals surface area contributed by atoms with E-state index in [1.165, 1.54) is 17.2 Å². The highest BCUT2D eigenvalue weighted by Crippen LogP contribution is 2.31. The van der Waals surface area contributed by atoms with Crippen LogP contribution in [-0.2, 0) is 9.53 Å². The Morgan fingerprint density at radius 3 is 2.92 bits per heavy atom. The van der Waals surface area contributed by atoms with E-state index in [4.69, 9.17) is 10.5 Å². The Hall–Kier alpha value is -2.30. The summed E-state index contributed by atoms with van der Waals surface area (Å²) in [6.07, 6.45) is -0.107. The normalized spacial score (nSPS) is 26.8. The standard InChI is InChI=1S/C14H20N6O4/c1-2-3-8(21)16-4-7-10(22)11(23)14(24-7)20-6-19-9-12(15)17-5-18-13(9)20/h5-7,10-11,14,22-23H,2-4H2,1H3,(H,16,21)(H2,15,17,18)/t7-,10?,11+,14-/m1/s1. The molecule has 5 N–H and O–H groups in total. The van der Waals surface area contributed by atoms with Gasteiger partial charge in [0.2, 0.25) is 5.91 Å². The third-order valence-electron chi connectivity index (χ3n) is 3.98. The number of fused-ring (bicyclic) bond motifs is 1. The van der Waals surface area contributed by atoms with Crippen LogP contribution in [0, 0.1) is 0 Å². The summed E-state index contributed by atoms with van der Waals surface area (Å²) in [4.78, 5) is 23.6. The number of hydrogen-bond acceptors (Lipinski definition) is 8. The van der Waals surface area contributed by atoms with Crippen molar-refractivity contribution in [3.8, 4) is 0 Å². The number of aliphatic hydroxyl groups excluding tert-OH is 2. The Morgan fingerprint density at radius 2 is 2.17 bits per heavy atom. The number of rotatable bonds is 5. The average molecular weight is 336 g/mol. The summed E-state index contributed by atoms with van der Waals surface area (Å²) in [6.45, 7) is 2.01. The zero-order valence-electron chi connectivity index (χ0n) is 13.2. The molecule has 1 fully saturated rings. The van der Waals surface area contributed by atoms with Crippen molar-refractivity contribution in [1.29, 1.82) is 0 Å². The lowest BCUT2D eigenvalue weighted by molar-refractivity contribution is -0.122. The van der Waals surface area contributed by atoms with Crippen LogP contribution in [0.15, 0.2) is 12.7 Å². The molecule has 1 saturated heterocycles. The number of ether oxygens (including phenoxy) is 1. The molecule has 0 spiro atoms. The zero-order chi connectivity index (χ0) is 17.3. The van der Waals surface area contributed by atoms with E-state index in [2.05, 4.69) is 20.3 Å². The number of nitrogens with one attached hydrogen (secondary N) is 1. The van der Waals surface area contributed by atoms with Crippen molar-refractivity contribution >= 4 is 22.9 Å². The lowest BCUT2D eigenvalue weighted by Gasteiger charge is -2.16. The highest BCUT2D eigenvalue weighted by molar-refractivity contribution is 5.81. The molecule has 3 rings (SSSR count). The second-order valence-corrected chi connectivity index (χ2v) is 5.68. The first kappa shape index (κ1) is 16.6. The predicted octanol–water partition coefficient (Wildman–Crippen LogP) is -1.06. The summed E-state index contributed by atoms with van der Waals surface area (Å²) in [6, 6.07) is 0. The van der Waals surface area contributed by atoms with Gasteiger partial charge < -0.3 is 26.0 Å². The molecule has 4 atom stereocenters. The molecular formula is C14H20N6O4. The molecule has 24 heavy (non-hydrogen) atoms. The van der Waals surface area contributed by atoms with Crippen LogP contribution >= 0.6 is 0 Å². The molecule has 1 aliphatic rings. The lowest BCUT2D eigenvalue weighted by Crippen LogP contribution is -2.39. The molecule has 2 aromatic heterocycles. The Morgan fingerprint density at radius 1 is 1.38 bits per heavy atom. The monoisotopic (exact) mass is 336 g/mol. The molecule has 1 unspecified atom stereocenters. The van der Waals surface area contributed by atoms with Crippen molar-refractivity contribution < 1.29 is 19.7 Å². The second kappa shape index (κ2) is 6.67. The van der Waals surface area contributed by atoms with Crippen molar-refractivity contribution in [2.45, 2.75) is 44.3 Å². The van der Waals surface area contributed by atoms with Gasteiger partial charge in [-0.3, -0.25) is 9.36 Å². The van der Waals surface area contributed by atoms with Gasteiger partial charge in [0, 0.05) is 13.0 Å². The molecule has 3 heterocycles. The Balaban J connectivity index is 1.77. The van der Waals surface area contributed by atoms with E-state index in [1.54, 1.807) is 0 Å². The van der Waals surface area contributed by atoms with Crippen molar-refractivity contribution in [3.63, 3.8) is 0 Å². The first-order valence-electron chi connectivity index (χ1n) is 7.74. The summed E-state index contributed by atoms with van der Waals surface area (Å²) in [5.41, 5.74) is 6.53. The van der Waals surface area contributed by atoms with Crippen LogP contribution < -0.4 is 11.1 Å². The molecule has 0 saturated carbocycles. The average Bonchev–Trinajstić information content (AvgIpc) is 3.10. The maximum absolute atomic E-state index is 11.6. The quantitative estimate of drug-likeness (QED) is 0.540. The van der Waals surface area contributed by atoms with Crippen LogP contribution in [0.4, 0.5) is 5.82 Å². The number of nitrogens with zero attached hydrogens (tertiary/aromatic N) is 4. The van der Waals surface area contributed by atoms with E-state index in [0.29, 0.717) is 17.6 Å². The lowest BCUT2D eigenvalue weighted by atomic mass is 10.1. The molecule has 0 aliphatic carbocycles. The summed E-state index contributed by atoms with van der Waals surface area (Å²) in [5, 5.41) is 23.1. The fraction of sp³-hybridized carbons (Fsp3) is 0.571. The number of aliphatic hydroxyl groups is 2. The van der Waals surface area contributed by atoms with E-state index in [1.807, 2.05) is 6.92 Å². The molecule has 10 heteroatoms. The number of hydrogen-bond donors (Lipinski definition) is 4. The van der Waals surface area contributed by atoms with Gasteiger partial charge in [-0.1, -0.05) is 6.92 Å². The number of nitrogens with two attached hydrogens (primary N) is 1. The fourth-order valence-corrected chi connectivity index (χ4v) is 2.71. The number of aromatic nitrogens is 4. The zero-order valence-corrected chi connectivity index (χ0v) is 13.2. The molecule has 0 bridgehead atoms. The molecule has 0 aromatic carbocycles. The number of carbonyl (C=O) groups excluding carboxylic acids is 1. The molecule has 1 aliphatic heterocycles. The van der Waals surface area contributed by atoms with Gasteiger partial charge in [-0.25, -0.2) is 15.0 Å². The van der Waals surface area contributed by atoms with Crippen molar-refractivity contribution in [2.24, 2.45) is 0 Å². The van der Waals surface area contributed by atoms with Gasteiger partial charge in [-0.05, 0) is 6.42 Å². The van der Waals surface area contributed by atoms with Gasteiger partial charge in [-0.2, -0.15) is 0 Å². The third-order valence-corrected chi connectivity index (χ3v) is 3.98. The third kappa shape index (κ3) is 2.90. The highest BCUT2D eigenvalue weighted by Gasteiger charge is 2.44. The van der Waals surface area contributed by atoms with Crippen LogP contribution in [0.3, 0.4) is 0 Å². The van der Waals surface area contributed by atoms with Crippen LogP contribution in [0.25, 0.3) is 11.2 Å². The second-order valence-electron chi connectivity index (χ2n) is 5.68. The number of nitrogen functional groups attached to an aromatic ring is 1. The fourth-order valence-electron chi connectivity index (χ4n) is 2.71. The minimum Gasteiger partial charge on any atom is -0.387 e. The van der Waals surface area contributed by atoms with E-state index >= 15 is 0 Å². The highest BCUT2D eigenvalue weighted by atomic mass is 16.6. The number of imidazole rings is 1. The minimum absolute atomic E-state index is 0.108. The van der Waals surface area contributed by atoms with E-state index in [9.17, 15) is 15.0 Å². The molecule has 10 nitrogen and oxygen atoms in total. The molecular weight excluding hydrogens is 316 g/mol. The van der Waals surface area contributed by atoms with Gasteiger partial charge in [-0.15, -0.1) is 0 Å². The predicted molar refractivity (Wildman–Crippen MR) is 83.6 cm³/mol. The minimum atomic E-state index is -1.19. The Bertz CT molecular complexity index is 735. The van der Waals surface area contributed by atoms with Crippen molar-refractivity contribution in [2.75, 3.05) is 12.3 Å². The first-order chi connectivity index (χ1) is 11.5. The largest absolute Gasteiger partial charge is 0.387 e. The summed E-state index contributed by atoms with van der Waals surface area (Å²) in [5.74, 6) is 0.0926. The van der Waals surface area contributed by atoms with Gasteiger partial charge in [0.1, 0.15) is 30.2 Å². The molecule has 1 amide bonds. The van der Waals surface area contributed by atoms with E-state index in [-0.39, 0.29) is 18.3 Å². The maximum atomic E-state index is 11.6. The summed E-state index contributed by atoms with van der Waals surface area (Å²) >= 11 is 0. The van der Waals surface area contributed by atoms with Crippen molar-refractivity contribution in [3.05, 3.63) is 12.7 Å². The molecule has 2 aromatic rings. The van der Waals surface area contributed by atoms with Crippen LogP contribution in [0.1, 0.15) is 26.0 Å². The summed E-state index contributed by atoms with van der Waals surface area (Å²) in [7, 11) is 0. The van der Waals surface area contributed by atoms with Crippen LogP contribution in [-0.4, -0.2) is 60.5 Å². The Kier molecular flexibility index (Phi) is 4.60. The number of carbonyl (C=O) groups is 1. The van der Waals surface area contributed by atoms with Gasteiger partial charge >= 0.3 is 0 Å². The Labute approximate surface area is 137 Å². The van der Waals surface area contributed by atoms with Crippen molar-refractivity contribution in [1.82, 2.24) is 24.8 Å². The van der Waals surface area contributed by atoms with Gasteiger partial charge in [0.05, 0.1) is 6.33 Å². The SMILES string of the molecule is CCCC(=O)NC[C@H]1O[C@@H](n2cnc3c(N)ncnc32)[C@@H](O)C1O. The van der Waals surface area contributed by atoms with E-state index < -0.39 is 24.5 Å². The first-order valence-corrected chi connectivity index (χ1v) is 7.74.